The van der Waals surface area contributed by atoms with Crippen LogP contribution in [0.25, 0.3) is 0 Å². The molecule has 88 valence electrons. The molecule has 0 saturated carbocycles. The largest absolute Gasteiger partial charge is 0.385 e. The molecule has 0 aromatic heterocycles. The summed E-state index contributed by atoms with van der Waals surface area (Å²) in [5.74, 6) is 0. The molecule has 1 unspecified atom stereocenters. The molecule has 0 aliphatic carbocycles. The van der Waals surface area contributed by atoms with Gasteiger partial charge in [-0.3, -0.25) is 0 Å². The van der Waals surface area contributed by atoms with Gasteiger partial charge >= 0.3 is 0 Å². The molecule has 0 amide bonds. The zero-order chi connectivity index (χ0) is 11.4. The van der Waals surface area contributed by atoms with E-state index >= 15 is 0 Å². The summed E-state index contributed by atoms with van der Waals surface area (Å²) in [7, 11) is 1.71. The van der Waals surface area contributed by atoms with Gasteiger partial charge in [-0.2, -0.15) is 0 Å². The minimum atomic E-state index is -0.341. The maximum Gasteiger partial charge on any atom is 0.127 e. The smallest absolute Gasteiger partial charge is 0.127 e. The molecule has 3 heteroatoms. The molecular formula is C13H19NO2. The van der Waals surface area contributed by atoms with Crippen molar-refractivity contribution in [3.63, 3.8) is 0 Å². The molecule has 1 N–H and O–H groups in total. The Labute approximate surface area is 96.6 Å². The first-order valence-corrected chi connectivity index (χ1v) is 5.84. The van der Waals surface area contributed by atoms with Crippen LogP contribution in [-0.4, -0.2) is 31.6 Å². The highest BCUT2D eigenvalue weighted by atomic mass is 16.5. The Balaban J connectivity index is 2.10. The van der Waals surface area contributed by atoms with E-state index in [2.05, 4.69) is 23.1 Å². The van der Waals surface area contributed by atoms with Crippen LogP contribution in [0.1, 0.15) is 18.4 Å². The van der Waals surface area contributed by atoms with Crippen LogP contribution in [0, 0.1) is 0 Å². The second-order valence-corrected chi connectivity index (χ2v) is 4.19. The summed E-state index contributed by atoms with van der Waals surface area (Å²) in [6.07, 6.45) is 2.40. The van der Waals surface area contributed by atoms with Crippen LogP contribution in [0.2, 0.25) is 0 Å². The monoisotopic (exact) mass is 221 g/mol. The zero-order valence-corrected chi connectivity index (χ0v) is 9.72. The molecular weight excluding hydrogens is 202 g/mol. The minimum absolute atomic E-state index is 0.341. The number of hydrogen-bond donors (Lipinski definition) is 1. The van der Waals surface area contributed by atoms with E-state index in [1.165, 1.54) is 11.3 Å². The van der Waals surface area contributed by atoms with Crippen molar-refractivity contribution < 1.29 is 9.84 Å². The first-order chi connectivity index (χ1) is 7.83. The number of hydrogen-bond acceptors (Lipinski definition) is 3. The van der Waals surface area contributed by atoms with Gasteiger partial charge in [-0.05, 0) is 30.9 Å². The summed E-state index contributed by atoms with van der Waals surface area (Å²) in [6.45, 7) is 1.59. The summed E-state index contributed by atoms with van der Waals surface area (Å²) < 4.78 is 5.05. The number of aliphatic hydroxyl groups is 1. The fourth-order valence-corrected chi connectivity index (χ4v) is 2.25. The Morgan fingerprint density at radius 2 is 2.25 bits per heavy atom. The van der Waals surface area contributed by atoms with Crippen molar-refractivity contribution in [3.8, 4) is 0 Å². The maximum atomic E-state index is 10.0. The molecule has 0 saturated heterocycles. The number of nitrogens with zero attached hydrogens (tertiary/aromatic N) is 1. The van der Waals surface area contributed by atoms with E-state index in [0.717, 1.165) is 32.4 Å². The number of fused-ring (bicyclic) bond motifs is 1. The van der Waals surface area contributed by atoms with Crippen molar-refractivity contribution in [2.75, 3.05) is 25.2 Å². The van der Waals surface area contributed by atoms with Crippen LogP contribution in [0.5, 0.6) is 0 Å². The molecule has 1 aliphatic rings. The van der Waals surface area contributed by atoms with E-state index in [4.69, 9.17) is 4.74 Å². The number of aliphatic hydroxyl groups excluding tert-OH is 1. The van der Waals surface area contributed by atoms with Gasteiger partial charge in [0, 0.05) is 25.9 Å². The van der Waals surface area contributed by atoms with Gasteiger partial charge in [0.1, 0.15) is 6.23 Å². The SMILES string of the molecule is COCCCN1c2ccccc2CCC1O. The summed E-state index contributed by atoms with van der Waals surface area (Å²) >= 11 is 0. The van der Waals surface area contributed by atoms with Gasteiger partial charge in [0.15, 0.2) is 0 Å². The number of aryl methyl sites for hydroxylation is 1. The Morgan fingerprint density at radius 3 is 3.06 bits per heavy atom. The van der Waals surface area contributed by atoms with E-state index in [1.807, 2.05) is 6.07 Å². The Hall–Kier alpha value is -1.06. The molecule has 0 bridgehead atoms. The van der Waals surface area contributed by atoms with E-state index in [9.17, 15) is 5.11 Å². The van der Waals surface area contributed by atoms with Crippen LogP contribution in [-0.2, 0) is 11.2 Å². The maximum absolute atomic E-state index is 10.0. The van der Waals surface area contributed by atoms with Crippen molar-refractivity contribution >= 4 is 5.69 Å². The second-order valence-electron chi connectivity index (χ2n) is 4.19. The summed E-state index contributed by atoms with van der Waals surface area (Å²) in [6, 6.07) is 8.32. The van der Waals surface area contributed by atoms with Gasteiger partial charge in [-0.15, -0.1) is 0 Å². The summed E-state index contributed by atoms with van der Waals surface area (Å²) in [5.41, 5.74) is 2.52. The zero-order valence-electron chi connectivity index (χ0n) is 9.72. The molecule has 1 aromatic carbocycles. The first kappa shape index (κ1) is 11.4. The molecule has 0 radical (unpaired) electrons. The highest BCUT2D eigenvalue weighted by molar-refractivity contribution is 5.55. The van der Waals surface area contributed by atoms with E-state index < -0.39 is 0 Å². The Morgan fingerprint density at radius 1 is 1.44 bits per heavy atom. The summed E-state index contributed by atoms with van der Waals surface area (Å²) in [4.78, 5) is 2.08. The van der Waals surface area contributed by atoms with Gasteiger partial charge < -0.3 is 14.7 Å². The van der Waals surface area contributed by atoms with Crippen LogP contribution in [0.4, 0.5) is 5.69 Å². The third kappa shape index (κ3) is 2.36. The number of para-hydroxylation sites is 1. The summed E-state index contributed by atoms with van der Waals surface area (Å²) in [5, 5.41) is 10.0. The number of benzene rings is 1. The van der Waals surface area contributed by atoms with Gasteiger partial charge in [0.25, 0.3) is 0 Å². The topological polar surface area (TPSA) is 32.7 Å². The first-order valence-electron chi connectivity index (χ1n) is 5.84. The van der Waals surface area contributed by atoms with Crippen molar-refractivity contribution in [3.05, 3.63) is 29.8 Å². The lowest BCUT2D eigenvalue weighted by atomic mass is 10.0. The number of ether oxygens (including phenoxy) is 1. The molecule has 16 heavy (non-hydrogen) atoms. The number of anilines is 1. The van der Waals surface area contributed by atoms with Crippen molar-refractivity contribution in [1.82, 2.24) is 0 Å². The standard InChI is InChI=1S/C13H19NO2/c1-16-10-4-9-14-12-6-3-2-5-11(12)7-8-13(14)15/h2-3,5-6,13,15H,4,7-10H2,1H3. The van der Waals surface area contributed by atoms with Gasteiger partial charge in [0.05, 0.1) is 0 Å². The van der Waals surface area contributed by atoms with Crippen molar-refractivity contribution in [2.24, 2.45) is 0 Å². The van der Waals surface area contributed by atoms with E-state index in [-0.39, 0.29) is 6.23 Å². The van der Waals surface area contributed by atoms with Crippen molar-refractivity contribution in [1.29, 1.82) is 0 Å². The quantitative estimate of drug-likeness (QED) is 0.787. The molecule has 0 fully saturated rings. The molecule has 1 aromatic rings. The predicted octanol–water partition coefficient (Wildman–Crippen LogP) is 1.79. The molecule has 3 nitrogen and oxygen atoms in total. The van der Waals surface area contributed by atoms with Gasteiger partial charge in [-0.1, -0.05) is 18.2 Å². The highest BCUT2D eigenvalue weighted by Gasteiger charge is 2.23. The molecule has 1 aliphatic heterocycles. The molecule has 2 rings (SSSR count). The fourth-order valence-electron chi connectivity index (χ4n) is 2.25. The Bertz CT molecular complexity index is 340. The highest BCUT2D eigenvalue weighted by Crippen LogP contribution is 2.29. The third-order valence-corrected chi connectivity index (χ3v) is 3.08. The molecule has 1 heterocycles. The van der Waals surface area contributed by atoms with Crippen molar-refractivity contribution in [2.45, 2.75) is 25.5 Å². The van der Waals surface area contributed by atoms with Gasteiger partial charge in [0.2, 0.25) is 0 Å². The van der Waals surface area contributed by atoms with Crippen LogP contribution in [0.3, 0.4) is 0 Å². The molecule has 1 atom stereocenters. The number of methoxy groups -OCH3 is 1. The third-order valence-electron chi connectivity index (χ3n) is 3.08. The lowest BCUT2D eigenvalue weighted by Gasteiger charge is -2.35. The van der Waals surface area contributed by atoms with E-state index in [1.54, 1.807) is 7.11 Å². The molecule has 0 spiro atoms. The van der Waals surface area contributed by atoms with E-state index in [0.29, 0.717) is 0 Å². The van der Waals surface area contributed by atoms with Crippen LogP contribution in [0.15, 0.2) is 24.3 Å². The lowest BCUT2D eigenvalue weighted by Crippen LogP contribution is -2.40. The fraction of sp³-hybridized carbons (Fsp3) is 0.538. The predicted molar refractivity (Wildman–Crippen MR) is 64.6 cm³/mol. The second kappa shape index (κ2) is 5.32. The van der Waals surface area contributed by atoms with Crippen LogP contribution < -0.4 is 4.90 Å². The normalized spacial score (nSPS) is 19.6. The van der Waals surface area contributed by atoms with Crippen LogP contribution >= 0.6 is 0 Å². The Kier molecular flexibility index (Phi) is 3.80. The number of rotatable bonds is 4. The minimum Gasteiger partial charge on any atom is -0.385 e. The van der Waals surface area contributed by atoms with Gasteiger partial charge in [-0.25, -0.2) is 0 Å². The average molecular weight is 221 g/mol. The lowest BCUT2D eigenvalue weighted by molar-refractivity contribution is 0.145. The average Bonchev–Trinajstić information content (AvgIpc) is 2.32.